The minimum Gasteiger partial charge on any atom is -0.481 e. The number of hydrogen-bond donors (Lipinski definition) is 21. The summed E-state index contributed by atoms with van der Waals surface area (Å²) in [5, 5.41) is 65.7. The van der Waals surface area contributed by atoms with Crippen molar-refractivity contribution in [2.24, 2.45) is 50.5 Å². The second-order valence-electron chi connectivity index (χ2n) is 22.4. The summed E-state index contributed by atoms with van der Waals surface area (Å²) >= 11 is 4.17. The molecule has 0 aliphatic carbocycles. The average Bonchev–Trinajstić information content (AvgIpc) is 0.839. The number of carboxylic acids is 2. The molecule has 25 N–H and O–H groups in total. The number of thiol groups is 1. The van der Waals surface area contributed by atoms with Crippen LogP contribution < -0.4 is 87.2 Å². The molecule has 13 amide bonds. The van der Waals surface area contributed by atoms with Crippen molar-refractivity contribution in [3.05, 3.63) is 0 Å². The number of aliphatic imine (C=N–C) groups is 2. The van der Waals surface area contributed by atoms with Gasteiger partial charge in [0.05, 0.1) is 12.7 Å². The second-order valence-corrected chi connectivity index (χ2v) is 22.8. The number of aliphatic carboxylic acids is 2. The first kappa shape index (κ1) is 84.9. The highest BCUT2D eigenvalue weighted by Crippen LogP contribution is 2.14. The molecule has 0 aromatic heterocycles. The Morgan fingerprint density at radius 2 is 0.936 bits per heavy atom. The number of aliphatic hydroxyl groups excluding tert-OH is 2. The Morgan fingerprint density at radius 1 is 0.521 bits per heavy atom. The fourth-order valence-corrected chi connectivity index (χ4v) is 8.95. The fraction of sp³-hybridized carbons (Fsp3) is 0.691. The lowest BCUT2D eigenvalue weighted by atomic mass is 9.97. The maximum Gasteiger partial charge on any atom is 0.326 e. The molecular formula is C55H97N19O19S. The van der Waals surface area contributed by atoms with Crippen molar-refractivity contribution >= 4 is 113 Å². The van der Waals surface area contributed by atoms with E-state index >= 15 is 0 Å². The Bertz CT molecular complexity index is 2700. The van der Waals surface area contributed by atoms with Crippen molar-refractivity contribution in [1.82, 2.24) is 63.4 Å². The summed E-state index contributed by atoms with van der Waals surface area (Å²) in [7, 11) is 1.21. The van der Waals surface area contributed by atoms with Gasteiger partial charge in [-0.3, -0.25) is 77.1 Å². The molecule has 0 aliphatic rings. The van der Waals surface area contributed by atoms with E-state index in [9.17, 15) is 92.3 Å². The molecule has 0 saturated carbocycles. The number of guanidine groups is 2. The summed E-state index contributed by atoms with van der Waals surface area (Å²) < 4.78 is 0. The molecule has 0 rings (SSSR count). The van der Waals surface area contributed by atoms with E-state index in [4.69, 9.17) is 28.7 Å². The molecule has 94 heavy (non-hydrogen) atoms. The van der Waals surface area contributed by atoms with Crippen molar-refractivity contribution < 1.29 is 92.3 Å². The maximum absolute atomic E-state index is 14.2. The highest BCUT2D eigenvalue weighted by molar-refractivity contribution is 7.80. The Balaban J connectivity index is 6.93. The van der Waals surface area contributed by atoms with Crippen LogP contribution in [0.25, 0.3) is 0 Å². The minimum absolute atomic E-state index is 0.0263. The molecule has 532 valence electrons. The van der Waals surface area contributed by atoms with Crippen LogP contribution in [-0.4, -0.2) is 238 Å². The van der Waals surface area contributed by atoms with Crippen molar-refractivity contribution in [3.63, 3.8) is 0 Å². The quantitative estimate of drug-likeness (QED) is 0.0117. The second kappa shape index (κ2) is 43.6. The first-order chi connectivity index (χ1) is 43.8. The van der Waals surface area contributed by atoms with E-state index in [0.29, 0.717) is 4.90 Å². The number of nitrogens with two attached hydrogens (primary N) is 5. The third kappa shape index (κ3) is 32.4. The van der Waals surface area contributed by atoms with E-state index in [1.807, 2.05) is 0 Å². The van der Waals surface area contributed by atoms with Gasteiger partial charge in [-0.1, -0.05) is 34.1 Å². The van der Waals surface area contributed by atoms with Gasteiger partial charge in [0.25, 0.3) is 0 Å². The van der Waals surface area contributed by atoms with Crippen molar-refractivity contribution in [1.29, 1.82) is 0 Å². The van der Waals surface area contributed by atoms with Gasteiger partial charge in [-0.2, -0.15) is 12.6 Å². The molecule has 13 atom stereocenters. The van der Waals surface area contributed by atoms with Crippen molar-refractivity contribution in [3.8, 4) is 0 Å². The number of hydrogen-bond acceptors (Lipinski definition) is 20. The van der Waals surface area contributed by atoms with Gasteiger partial charge in [0.15, 0.2) is 11.9 Å². The fourth-order valence-electron chi connectivity index (χ4n) is 8.59. The molecule has 0 bridgehead atoms. The minimum atomic E-state index is -1.86. The molecule has 0 spiro atoms. The van der Waals surface area contributed by atoms with Crippen LogP contribution in [0.4, 0.5) is 0 Å². The molecule has 0 aromatic rings. The van der Waals surface area contributed by atoms with E-state index in [2.05, 4.69) is 81.1 Å². The molecule has 0 heterocycles. The zero-order valence-corrected chi connectivity index (χ0v) is 55.2. The number of primary amides is 1. The van der Waals surface area contributed by atoms with Gasteiger partial charge in [-0.15, -0.1) is 0 Å². The lowest BCUT2D eigenvalue weighted by molar-refractivity contribution is -0.147. The summed E-state index contributed by atoms with van der Waals surface area (Å²) in [4.78, 5) is 207. The van der Waals surface area contributed by atoms with Crippen LogP contribution in [0.15, 0.2) is 9.98 Å². The largest absolute Gasteiger partial charge is 0.481 e. The van der Waals surface area contributed by atoms with Gasteiger partial charge in [0.1, 0.15) is 73.0 Å². The van der Waals surface area contributed by atoms with Gasteiger partial charge >= 0.3 is 11.9 Å². The van der Waals surface area contributed by atoms with Gasteiger partial charge in [-0.05, 0) is 77.6 Å². The average molecular weight is 1360 g/mol. The highest BCUT2D eigenvalue weighted by atomic mass is 32.1. The molecule has 0 saturated heterocycles. The summed E-state index contributed by atoms with van der Waals surface area (Å²) in [6.07, 6.45) is -4.29. The maximum atomic E-state index is 14.2. The number of likely N-dealkylation sites (N-methyl/N-ethyl adjacent to an activating group) is 1. The Labute approximate surface area is 548 Å². The lowest BCUT2D eigenvalue weighted by Crippen LogP contribution is -2.62. The SMILES string of the molecule is CC[C@H](C)[C@H](NC(=O)[C@H](CCCN=C(N)N)NC(=O)[C@H](C)NC(=O)[C@H](C)NC(=O)[C@H](CCCN=C(N)N)NC(=O)[C@H](CCC(N)=O)NC(=O)[C@H](CCC(=O)O)NC(=O)[C@H](CS)N(CC(=O)NC)C(=O)[C@@H](NC(C)=O)[C@@H](C)O)C(=O)N[C@@H](CO)C(=O)N[C@@H](CC(C)C)C(=O)O. The van der Waals surface area contributed by atoms with Crippen LogP contribution in [0.1, 0.15) is 120 Å². The first-order valence-corrected chi connectivity index (χ1v) is 30.7. The molecule has 38 nitrogen and oxygen atoms in total. The Hall–Kier alpha value is -9.14. The zero-order chi connectivity index (χ0) is 72.3. The monoisotopic (exact) mass is 1360 g/mol. The van der Waals surface area contributed by atoms with E-state index in [1.165, 1.54) is 20.9 Å². The smallest absolute Gasteiger partial charge is 0.326 e. The van der Waals surface area contributed by atoms with Crippen molar-refractivity contribution in [2.75, 3.05) is 39.0 Å². The van der Waals surface area contributed by atoms with E-state index in [0.717, 1.165) is 13.8 Å². The van der Waals surface area contributed by atoms with Crippen LogP contribution in [0.5, 0.6) is 0 Å². The third-order valence-corrected chi connectivity index (χ3v) is 14.4. The number of nitrogens with zero attached hydrogens (tertiary/aromatic N) is 3. The van der Waals surface area contributed by atoms with Crippen LogP contribution in [-0.2, 0) is 71.9 Å². The zero-order valence-electron chi connectivity index (χ0n) is 54.3. The van der Waals surface area contributed by atoms with E-state index < -0.39 is 212 Å². The molecule has 0 aromatic carbocycles. The topological polar surface area (TPSA) is 627 Å². The number of carbonyl (C=O) groups excluding carboxylic acids is 13. The third-order valence-electron chi connectivity index (χ3n) is 14.0. The number of rotatable bonds is 45. The summed E-state index contributed by atoms with van der Waals surface area (Å²) in [5.41, 5.74) is 27.3. The Kier molecular flexibility index (Phi) is 39.4. The molecule has 0 aliphatic heterocycles. The molecular weight excluding hydrogens is 1260 g/mol. The van der Waals surface area contributed by atoms with Crippen LogP contribution in [0.2, 0.25) is 0 Å². The van der Waals surface area contributed by atoms with Crippen molar-refractivity contribution in [2.45, 2.75) is 192 Å². The molecule has 0 radical (unpaired) electrons. The van der Waals surface area contributed by atoms with E-state index in [-0.39, 0.29) is 69.5 Å². The molecule has 39 heteroatoms. The predicted octanol–water partition coefficient (Wildman–Crippen LogP) is -8.45. The predicted molar refractivity (Wildman–Crippen MR) is 340 cm³/mol. The number of nitrogens with one attached hydrogen (secondary N) is 11. The number of aliphatic hydroxyl groups is 2. The summed E-state index contributed by atoms with van der Waals surface area (Å²) in [5.74, 6) is -18.0. The normalized spacial score (nSPS) is 15.1. The number of carboxylic acid groups (broad SMARTS) is 2. The van der Waals surface area contributed by atoms with Crippen LogP contribution in [0.3, 0.4) is 0 Å². The first-order valence-electron chi connectivity index (χ1n) is 30.1. The van der Waals surface area contributed by atoms with Gasteiger partial charge in [0, 0.05) is 45.7 Å². The number of carbonyl (C=O) groups is 15. The summed E-state index contributed by atoms with van der Waals surface area (Å²) in [6.45, 7) is 9.37. The van der Waals surface area contributed by atoms with Crippen LogP contribution >= 0.6 is 12.6 Å². The summed E-state index contributed by atoms with van der Waals surface area (Å²) in [6, 6.07) is -17.6. The number of amides is 13. The van der Waals surface area contributed by atoms with Gasteiger partial charge < -0.3 is 112 Å². The lowest BCUT2D eigenvalue weighted by Gasteiger charge is -2.34. The van der Waals surface area contributed by atoms with E-state index in [1.54, 1.807) is 27.7 Å². The Morgan fingerprint density at radius 3 is 1.35 bits per heavy atom. The van der Waals surface area contributed by atoms with Crippen LogP contribution in [0, 0.1) is 11.8 Å². The highest BCUT2D eigenvalue weighted by Gasteiger charge is 2.40. The molecule has 0 unspecified atom stereocenters. The standard InChI is InChI=1S/C55H97N19O19S/c1-10-26(4)41(51(90)72-36(23-75)49(88)71-35(53(92)93)21-25(2)3)73-48(87)32(14-12-20-63-55(59)60)67-44(83)28(6)64-43(82)27(5)65-45(84)31(13-11-19-62-54(57)58)68-46(85)33(15-17-38(56)78)69-47(86)34(16-18-40(80)81)70-50(89)37(24-94)74(22-39(79)61-9)52(91)42(29(7)76)66-30(8)77/h25-29,31-37,41-42,75-76,94H,10-24H2,1-9H3,(H2,56,78)(H,61,79)(H,64,82)(H,65,84)(H,66,77)(H,67,83)(H,68,85)(H,69,86)(H,70,89)(H,71,88)(H,72,90)(H,73,87)(H,80,81)(H,92,93)(H4,57,58,62)(H4,59,60,63)/t26-,27-,28-,29+,31-,32-,33-,34-,35-,36-,37-,41-,42-/m0/s1. The van der Waals surface area contributed by atoms with Gasteiger partial charge in [-0.25, -0.2) is 4.79 Å². The van der Waals surface area contributed by atoms with Gasteiger partial charge in [0.2, 0.25) is 76.8 Å². The molecule has 0 fully saturated rings.